The molecule has 1 heterocycles. The fraction of sp³-hybridized carbons (Fsp3) is 0.708. The Labute approximate surface area is 167 Å². The Kier molecular flexibility index (Phi) is 5.30. The van der Waals surface area contributed by atoms with Crippen molar-refractivity contribution in [3.8, 4) is 0 Å². The van der Waals surface area contributed by atoms with E-state index in [9.17, 15) is 15.0 Å². The largest absolute Gasteiger partial charge is 0.431 e. The minimum atomic E-state index is -0.819. The first kappa shape index (κ1) is 19.9. The maximum absolute atomic E-state index is 11.4. The number of hydrogen-bond acceptors (Lipinski definition) is 4. The van der Waals surface area contributed by atoms with E-state index in [4.69, 9.17) is 4.42 Å². The molecule has 3 aliphatic rings. The third-order valence-electron chi connectivity index (χ3n) is 8.16. The molecule has 1 aromatic rings. The van der Waals surface area contributed by atoms with Gasteiger partial charge in [-0.3, -0.25) is 0 Å². The quantitative estimate of drug-likeness (QED) is 0.695. The zero-order valence-corrected chi connectivity index (χ0v) is 17.2. The zero-order chi connectivity index (χ0) is 19.9. The summed E-state index contributed by atoms with van der Waals surface area (Å²) >= 11 is 0. The van der Waals surface area contributed by atoms with E-state index in [0.29, 0.717) is 11.8 Å². The summed E-state index contributed by atoms with van der Waals surface area (Å²) in [5, 5.41) is 21.5. The van der Waals surface area contributed by atoms with Gasteiger partial charge in [-0.1, -0.05) is 31.4 Å². The van der Waals surface area contributed by atoms with Crippen molar-refractivity contribution in [2.75, 3.05) is 0 Å². The van der Waals surface area contributed by atoms with E-state index in [1.807, 2.05) is 13.0 Å². The monoisotopic (exact) mass is 386 g/mol. The highest BCUT2D eigenvalue weighted by Gasteiger charge is 2.48. The van der Waals surface area contributed by atoms with Crippen LogP contribution in [0.15, 0.2) is 39.3 Å². The SMILES string of the molecule is C[C@]12CC[C@H](O)C=C1CCC1CCCC(c3ccc(=O)oc3)[C@](C)(O)CCC12. The summed E-state index contributed by atoms with van der Waals surface area (Å²) < 4.78 is 5.10. The van der Waals surface area contributed by atoms with Crippen LogP contribution in [0.2, 0.25) is 0 Å². The summed E-state index contributed by atoms with van der Waals surface area (Å²) in [4.78, 5) is 11.4. The molecule has 1 aromatic heterocycles. The van der Waals surface area contributed by atoms with Crippen molar-refractivity contribution in [2.45, 2.75) is 89.3 Å². The van der Waals surface area contributed by atoms with Gasteiger partial charge in [0.15, 0.2) is 0 Å². The molecule has 3 aliphatic carbocycles. The van der Waals surface area contributed by atoms with E-state index in [2.05, 4.69) is 13.0 Å². The molecule has 6 atom stereocenters. The maximum Gasteiger partial charge on any atom is 0.335 e. The van der Waals surface area contributed by atoms with Gasteiger partial charge in [-0.25, -0.2) is 4.79 Å². The van der Waals surface area contributed by atoms with Crippen molar-refractivity contribution in [1.29, 1.82) is 0 Å². The van der Waals surface area contributed by atoms with Crippen molar-refractivity contribution in [1.82, 2.24) is 0 Å². The molecule has 154 valence electrons. The zero-order valence-electron chi connectivity index (χ0n) is 17.2. The van der Waals surface area contributed by atoms with Gasteiger partial charge in [-0.15, -0.1) is 0 Å². The standard InChI is InChI=1S/C24H34O4/c1-23-12-10-19(25)14-18(23)8-6-16-4-3-5-21(17-7-9-22(26)28-15-17)24(2,27)13-11-20(16)23/h7,9,14-16,19-21,25,27H,3-6,8,10-13H2,1-2H3/t16?,19-,20?,21?,23-,24+/m0/s1. The van der Waals surface area contributed by atoms with Crippen LogP contribution < -0.4 is 5.63 Å². The van der Waals surface area contributed by atoms with Crippen LogP contribution in [0.3, 0.4) is 0 Å². The highest BCUT2D eigenvalue weighted by molar-refractivity contribution is 5.24. The molecule has 2 fully saturated rings. The smallest absolute Gasteiger partial charge is 0.335 e. The highest BCUT2D eigenvalue weighted by atomic mass is 16.4. The molecule has 2 saturated carbocycles. The molecule has 0 radical (unpaired) electrons. The molecule has 0 aliphatic heterocycles. The number of fused-ring (bicyclic) bond motifs is 3. The molecular formula is C24H34O4. The second-order valence-electron chi connectivity index (χ2n) is 9.89. The lowest BCUT2D eigenvalue weighted by Gasteiger charge is -2.51. The number of aliphatic hydroxyl groups is 2. The second kappa shape index (κ2) is 7.46. The van der Waals surface area contributed by atoms with Crippen molar-refractivity contribution in [3.63, 3.8) is 0 Å². The van der Waals surface area contributed by atoms with E-state index < -0.39 is 5.60 Å². The van der Waals surface area contributed by atoms with Crippen molar-refractivity contribution < 1.29 is 14.6 Å². The average Bonchev–Trinajstić information content (AvgIpc) is 2.71. The van der Waals surface area contributed by atoms with E-state index in [0.717, 1.165) is 50.5 Å². The predicted octanol–water partition coefficient (Wildman–Crippen LogP) is 4.55. The van der Waals surface area contributed by atoms with E-state index in [-0.39, 0.29) is 23.1 Å². The Morgan fingerprint density at radius 1 is 1.07 bits per heavy atom. The lowest BCUT2D eigenvalue weighted by molar-refractivity contribution is -0.000571. The molecule has 0 amide bonds. The topological polar surface area (TPSA) is 70.7 Å². The summed E-state index contributed by atoms with van der Waals surface area (Å²) in [5.74, 6) is 1.26. The summed E-state index contributed by atoms with van der Waals surface area (Å²) in [6.45, 7) is 4.35. The van der Waals surface area contributed by atoms with Crippen LogP contribution in [0.4, 0.5) is 0 Å². The van der Waals surface area contributed by atoms with Crippen LogP contribution in [0.25, 0.3) is 0 Å². The van der Waals surface area contributed by atoms with Gasteiger partial charge in [0.05, 0.1) is 18.0 Å². The molecule has 4 rings (SSSR count). The highest BCUT2D eigenvalue weighted by Crippen LogP contribution is 2.57. The summed E-state index contributed by atoms with van der Waals surface area (Å²) in [6, 6.07) is 3.28. The summed E-state index contributed by atoms with van der Waals surface area (Å²) in [5.41, 5.74) is 1.39. The minimum absolute atomic E-state index is 0.00648. The van der Waals surface area contributed by atoms with Crippen LogP contribution in [0, 0.1) is 17.3 Å². The first-order valence-corrected chi connectivity index (χ1v) is 11.0. The number of rotatable bonds is 1. The Morgan fingerprint density at radius 3 is 2.64 bits per heavy atom. The third kappa shape index (κ3) is 3.61. The van der Waals surface area contributed by atoms with Crippen LogP contribution >= 0.6 is 0 Å². The molecule has 28 heavy (non-hydrogen) atoms. The molecule has 3 unspecified atom stereocenters. The van der Waals surface area contributed by atoms with Gasteiger partial charge in [-0.05, 0) is 80.8 Å². The average molecular weight is 387 g/mol. The van der Waals surface area contributed by atoms with Crippen LogP contribution in [-0.4, -0.2) is 21.9 Å². The van der Waals surface area contributed by atoms with Crippen LogP contribution in [-0.2, 0) is 0 Å². The molecule has 2 N–H and O–H groups in total. The fourth-order valence-corrected chi connectivity index (χ4v) is 6.48. The first-order chi connectivity index (χ1) is 13.3. The van der Waals surface area contributed by atoms with Crippen molar-refractivity contribution in [3.05, 3.63) is 46.0 Å². The minimum Gasteiger partial charge on any atom is -0.431 e. The first-order valence-electron chi connectivity index (χ1n) is 11.0. The molecular weight excluding hydrogens is 352 g/mol. The molecule has 0 spiro atoms. The van der Waals surface area contributed by atoms with Gasteiger partial charge >= 0.3 is 5.63 Å². The van der Waals surface area contributed by atoms with Crippen LogP contribution in [0.1, 0.15) is 83.1 Å². The second-order valence-corrected chi connectivity index (χ2v) is 9.89. The molecule has 4 nitrogen and oxygen atoms in total. The maximum atomic E-state index is 11.4. The van der Waals surface area contributed by atoms with E-state index in [1.54, 1.807) is 0 Å². The van der Waals surface area contributed by atoms with Crippen molar-refractivity contribution in [2.24, 2.45) is 17.3 Å². The number of hydrogen-bond donors (Lipinski definition) is 2. The molecule has 0 aromatic carbocycles. The normalized spacial score (nSPS) is 41.6. The Balaban J connectivity index is 1.61. The Morgan fingerprint density at radius 2 is 1.89 bits per heavy atom. The van der Waals surface area contributed by atoms with Crippen molar-refractivity contribution >= 4 is 0 Å². The molecule has 4 heteroatoms. The van der Waals surface area contributed by atoms with Gasteiger partial charge in [0.2, 0.25) is 0 Å². The van der Waals surface area contributed by atoms with Crippen LogP contribution in [0.5, 0.6) is 0 Å². The summed E-state index contributed by atoms with van der Waals surface area (Å²) in [7, 11) is 0. The molecule has 0 saturated heterocycles. The molecule has 0 bridgehead atoms. The number of allylic oxidation sites excluding steroid dienone is 1. The fourth-order valence-electron chi connectivity index (χ4n) is 6.48. The Bertz CT molecular complexity index is 772. The number of aliphatic hydroxyl groups excluding tert-OH is 1. The van der Waals surface area contributed by atoms with Gasteiger partial charge in [0.25, 0.3) is 0 Å². The van der Waals surface area contributed by atoms with Gasteiger partial charge in [-0.2, -0.15) is 0 Å². The van der Waals surface area contributed by atoms with Gasteiger partial charge in [0.1, 0.15) is 0 Å². The van der Waals surface area contributed by atoms with Gasteiger partial charge in [0, 0.05) is 12.0 Å². The van der Waals surface area contributed by atoms with Gasteiger partial charge < -0.3 is 14.6 Å². The predicted molar refractivity (Wildman–Crippen MR) is 109 cm³/mol. The lowest BCUT2D eigenvalue weighted by atomic mass is 9.54. The Hall–Kier alpha value is -1.39. The lowest BCUT2D eigenvalue weighted by Crippen LogP contribution is -2.43. The van der Waals surface area contributed by atoms with E-state index >= 15 is 0 Å². The third-order valence-corrected chi connectivity index (χ3v) is 8.16. The summed E-state index contributed by atoms with van der Waals surface area (Å²) in [6.07, 6.45) is 12.6. The van der Waals surface area contributed by atoms with E-state index in [1.165, 1.54) is 30.7 Å².